The lowest BCUT2D eigenvalue weighted by molar-refractivity contribution is -0.215. The smallest absolute Gasteiger partial charge is 0.251 e. The molecule has 6 rings (SSSR count). The number of phenols is 1. The molecule has 5 aliphatic carbocycles. The van der Waals surface area contributed by atoms with Crippen LogP contribution >= 0.6 is 0 Å². The molecule has 4 saturated carbocycles. The Morgan fingerprint density at radius 1 is 0.804 bits per heavy atom. The van der Waals surface area contributed by atoms with Gasteiger partial charge in [0.1, 0.15) is 5.75 Å². The average molecular weight is 635 g/mol. The highest BCUT2D eigenvalue weighted by Gasteiger charge is 2.71. The highest BCUT2D eigenvalue weighted by Crippen LogP contribution is 2.75. The number of aromatic hydroxyl groups is 1. The molecule has 0 saturated heterocycles. The maximum absolute atomic E-state index is 14.3. The molecule has 5 N–H and O–H groups in total. The van der Waals surface area contributed by atoms with Gasteiger partial charge in [-0.1, -0.05) is 60.1 Å². The Bertz CT molecular complexity index is 1400. The van der Waals surface area contributed by atoms with Gasteiger partial charge >= 0.3 is 0 Å². The van der Waals surface area contributed by atoms with Crippen LogP contribution in [0.3, 0.4) is 0 Å². The fourth-order valence-corrected chi connectivity index (χ4v) is 12.0. The molecular weight excluding hydrogens is 576 g/mol. The number of hydrogen-bond acceptors (Lipinski definition) is 5. The first-order valence-corrected chi connectivity index (χ1v) is 17.8. The first-order valence-electron chi connectivity index (χ1n) is 17.8. The summed E-state index contributed by atoms with van der Waals surface area (Å²) in [5.74, 6) is 0.640. The van der Waals surface area contributed by atoms with E-state index >= 15 is 0 Å². The van der Waals surface area contributed by atoms with Crippen LogP contribution in [0.1, 0.15) is 117 Å². The van der Waals surface area contributed by atoms with Gasteiger partial charge in [0.05, 0.1) is 17.6 Å². The monoisotopic (exact) mass is 634 g/mol. The van der Waals surface area contributed by atoms with Gasteiger partial charge in [-0.05, 0) is 127 Å². The Morgan fingerprint density at radius 3 is 2.17 bits per heavy atom. The quantitative estimate of drug-likeness (QED) is 0.191. The number of benzene rings is 1. The minimum Gasteiger partial charge on any atom is -0.508 e. The second kappa shape index (κ2) is 11.1. The fraction of sp³-hybridized carbons (Fsp3) is 0.744. The van der Waals surface area contributed by atoms with Crippen LogP contribution in [0.15, 0.2) is 35.9 Å². The van der Waals surface area contributed by atoms with Crippen LogP contribution in [0.5, 0.6) is 5.75 Å². The van der Waals surface area contributed by atoms with Crippen LogP contribution in [-0.2, 0) is 4.79 Å². The summed E-state index contributed by atoms with van der Waals surface area (Å²) >= 11 is 0. The molecule has 7 nitrogen and oxygen atoms in total. The van der Waals surface area contributed by atoms with Gasteiger partial charge in [-0.15, -0.1) is 0 Å². The van der Waals surface area contributed by atoms with Gasteiger partial charge in [0.15, 0.2) is 0 Å². The van der Waals surface area contributed by atoms with Crippen LogP contribution in [0.2, 0.25) is 0 Å². The molecule has 1 aromatic rings. The summed E-state index contributed by atoms with van der Waals surface area (Å²) in [6.07, 6.45) is 9.52. The molecule has 7 heteroatoms. The highest BCUT2D eigenvalue weighted by molar-refractivity contribution is 5.94. The zero-order valence-electron chi connectivity index (χ0n) is 29.2. The van der Waals surface area contributed by atoms with Gasteiger partial charge in [-0.2, -0.15) is 0 Å². The van der Waals surface area contributed by atoms with E-state index in [1.807, 2.05) is 0 Å². The molecule has 0 radical (unpaired) electrons. The van der Waals surface area contributed by atoms with E-state index in [0.29, 0.717) is 30.2 Å². The van der Waals surface area contributed by atoms with Gasteiger partial charge in [0.2, 0.25) is 5.91 Å². The number of rotatable bonds is 5. The summed E-state index contributed by atoms with van der Waals surface area (Å²) in [5, 5.41) is 38.9. The molecule has 254 valence electrons. The van der Waals surface area contributed by atoms with E-state index < -0.39 is 11.5 Å². The van der Waals surface area contributed by atoms with E-state index in [9.17, 15) is 24.9 Å². The number of carbonyl (C=O) groups excluding carboxylic acids is 2. The number of aliphatic hydroxyl groups is 2. The van der Waals surface area contributed by atoms with Crippen molar-refractivity contribution in [1.82, 2.24) is 10.6 Å². The van der Waals surface area contributed by atoms with Crippen molar-refractivity contribution in [3.8, 4) is 5.75 Å². The lowest BCUT2D eigenvalue weighted by Crippen LogP contribution is -2.68. The Kier molecular flexibility index (Phi) is 8.08. The van der Waals surface area contributed by atoms with Crippen molar-refractivity contribution in [1.29, 1.82) is 0 Å². The number of amides is 2. The molecule has 0 aliphatic heterocycles. The van der Waals surface area contributed by atoms with E-state index in [4.69, 9.17) is 0 Å². The second-order valence-corrected chi connectivity index (χ2v) is 17.9. The molecule has 9 atom stereocenters. The summed E-state index contributed by atoms with van der Waals surface area (Å²) < 4.78 is 0. The third kappa shape index (κ3) is 4.80. The molecule has 0 spiro atoms. The predicted molar refractivity (Wildman–Crippen MR) is 180 cm³/mol. The minimum atomic E-state index is -0.886. The van der Waals surface area contributed by atoms with E-state index in [0.717, 1.165) is 44.9 Å². The van der Waals surface area contributed by atoms with Crippen molar-refractivity contribution in [3.63, 3.8) is 0 Å². The lowest BCUT2D eigenvalue weighted by Gasteiger charge is -2.71. The summed E-state index contributed by atoms with van der Waals surface area (Å²) in [4.78, 5) is 26.9. The maximum Gasteiger partial charge on any atom is 0.251 e. The first-order chi connectivity index (χ1) is 21.4. The van der Waals surface area contributed by atoms with Gasteiger partial charge in [0.25, 0.3) is 5.91 Å². The second-order valence-electron chi connectivity index (χ2n) is 17.9. The third-order valence-electron chi connectivity index (χ3n) is 14.9. The van der Waals surface area contributed by atoms with Crippen LogP contribution in [0.4, 0.5) is 0 Å². The molecular formula is C39H58N2O5. The van der Waals surface area contributed by atoms with Crippen molar-refractivity contribution in [2.75, 3.05) is 13.1 Å². The zero-order valence-corrected chi connectivity index (χ0v) is 29.2. The number of allylic oxidation sites excluding steroid dienone is 2. The molecule has 0 aromatic heterocycles. The van der Waals surface area contributed by atoms with Crippen molar-refractivity contribution < 1.29 is 24.9 Å². The Morgan fingerprint density at radius 2 is 1.48 bits per heavy atom. The molecule has 0 bridgehead atoms. The van der Waals surface area contributed by atoms with E-state index in [-0.39, 0.29) is 69.8 Å². The number of hydrogen-bond donors (Lipinski definition) is 5. The van der Waals surface area contributed by atoms with E-state index in [2.05, 4.69) is 65.2 Å². The summed E-state index contributed by atoms with van der Waals surface area (Å²) in [7, 11) is 0. The number of aliphatic hydroxyl groups excluding tert-OH is 2. The number of carbonyl (C=O) groups is 2. The van der Waals surface area contributed by atoms with Gasteiger partial charge < -0.3 is 26.0 Å². The molecule has 0 unspecified atom stereocenters. The zero-order chi connectivity index (χ0) is 33.5. The summed E-state index contributed by atoms with van der Waals surface area (Å²) in [6, 6.07) is 6.10. The number of fused-ring (bicyclic) bond motifs is 7. The molecule has 2 amide bonds. The normalized spacial score (nSPS) is 42.3. The molecule has 5 aliphatic rings. The van der Waals surface area contributed by atoms with Crippen LogP contribution in [0, 0.1) is 50.2 Å². The Labute approximate surface area is 276 Å². The molecule has 1 aromatic carbocycles. The predicted octanol–water partition coefficient (Wildman–Crippen LogP) is 6.37. The highest BCUT2D eigenvalue weighted by atomic mass is 16.3. The first kappa shape index (κ1) is 33.5. The topological polar surface area (TPSA) is 119 Å². The average Bonchev–Trinajstić information content (AvgIpc) is 2.98. The Balaban J connectivity index is 1.27. The lowest BCUT2D eigenvalue weighted by atomic mass is 9.33. The standard InChI is InChI=1S/C39H58N2O5/c1-34(2)18-19-39(33(46)41-21-20-40-32(45)24-8-10-25(42)11-9-24)27(22-34)26-12-13-29-36(5)16-15-30(43)35(3,4)28(36)14-17-37(29,6)38(26,7)23-31(39)44/h8-12,27-31,42-44H,13-23H2,1-7H3,(H,40,45)(H,41,46)/t27-,28-,29+,30-,31+,36-,37+,38+,39+/m0/s1. The molecule has 0 heterocycles. The summed E-state index contributed by atoms with van der Waals surface area (Å²) in [5.41, 5.74) is 0.806. The third-order valence-corrected chi connectivity index (χ3v) is 14.9. The van der Waals surface area contributed by atoms with Crippen molar-refractivity contribution >= 4 is 11.8 Å². The van der Waals surface area contributed by atoms with Crippen molar-refractivity contribution in [2.45, 2.75) is 118 Å². The fourth-order valence-electron chi connectivity index (χ4n) is 12.0. The van der Waals surface area contributed by atoms with E-state index in [1.54, 1.807) is 12.1 Å². The largest absolute Gasteiger partial charge is 0.508 e. The van der Waals surface area contributed by atoms with E-state index in [1.165, 1.54) is 17.7 Å². The summed E-state index contributed by atoms with van der Waals surface area (Å²) in [6.45, 7) is 17.1. The van der Waals surface area contributed by atoms with Crippen molar-refractivity contribution in [3.05, 3.63) is 41.5 Å². The van der Waals surface area contributed by atoms with Crippen LogP contribution in [-0.4, -0.2) is 52.4 Å². The number of phenolic OH excluding ortho intramolecular Hbond substituents is 1. The van der Waals surface area contributed by atoms with Crippen LogP contribution in [0.25, 0.3) is 0 Å². The molecule has 46 heavy (non-hydrogen) atoms. The SMILES string of the molecule is CC1(C)CC[C@]2(C(=O)NCCNC(=O)c3ccc(O)cc3)[C@H](O)C[C@]3(C)C(=CC[C@@H]4[C@@]5(C)CC[C@H](O)C(C)(C)[C@@H]5CC[C@]43C)[C@@H]2C1. The van der Waals surface area contributed by atoms with Gasteiger partial charge in [-0.25, -0.2) is 0 Å². The minimum absolute atomic E-state index is 0.00950. The maximum atomic E-state index is 14.3. The molecule has 4 fully saturated rings. The van der Waals surface area contributed by atoms with Crippen LogP contribution < -0.4 is 10.6 Å². The van der Waals surface area contributed by atoms with Gasteiger partial charge in [0, 0.05) is 18.7 Å². The van der Waals surface area contributed by atoms with Crippen molar-refractivity contribution in [2.24, 2.45) is 50.2 Å². The Hall–Kier alpha value is -2.38. The van der Waals surface area contributed by atoms with Gasteiger partial charge in [-0.3, -0.25) is 9.59 Å². The number of nitrogens with one attached hydrogen (secondary N) is 2.